The summed E-state index contributed by atoms with van der Waals surface area (Å²) in [4.78, 5) is 0. The van der Waals surface area contributed by atoms with Crippen LogP contribution in [0.5, 0.6) is 0 Å². The predicted molar refractivity (Wildman–Crippen MR) is 79.1 cm³/mol. The van der Waals surface area contributed by atoms with Gasteiger partial charge < -0.3 is 9.52 Å². The number of hydrogen-bond donors (Lipinski definition) is 1. The minimum absolute atomic E-state index is 0.321. The summed E-state index contributed by atoms with van der Waals surface area (Å²) in [5, 5.41) is 11.1. The Balaban J connectivity index is 2.08. The zero-order valence-electron chi connectivity index (χ0n) is 10.7. The van der Waals surface area contributed by atoms with Crippen LogP contribution in [0.4, 0.5) is 4.39 Å². The highest BCUT2D eigenvalue weighted by atomic mass is 79.9. The summed E-state index contributed by atoms with van der Waals surface area (Å²) in [6.45, 7) is 1.92. The molecule has 3 rings (SSSR count). The lowest BCUT2D eigenvalue weighted by Gasteiger charge is -2.12. The predicted octanol–water partition coefficient (Wildman–Crippen LogP) is 4.72. The van der Waals surface area contributed by atoms with E-state index < -0.39 is 6.10 Å². The first kappa shape index (κ1) is 13.3. The number of furan rings is 1. The fraction of sp³-hybridized carbons (Fsp3) is 0.125. The Morgan fingerprint density at radius 1 is 1.20 bits per heavy atom. The highest BCUT2D eigenvalue weighted by molar-refractivity contribution is 9.10. The van der Waals surface area contributed by atoms with Gasteiger partial charge in [0.15, 0.2) is 0 Å². The minimum Gasteiger partial charge on any atom is -0.458 e. The summed E-state index contributed by atoms with van der Waals surface area (Å²) in [7, 11) is 0. The normalized spacial score (nSPS) is 12.8. The van der Waals surface area contributed by atoms with E-state index in [-0.39, 0.29) is 5.82 Å². The van der Waals surface area contributed by atoms with Crippen LogP contribution in [-0.2, 0) is 0 Å². The summed E-state index contributed by atoms with van der Waals surface area (Å²) in [5.74, 6) is 0.0878. The van der Waals surface area contributed by atoms with Crippen LogP contribution in [0.2, 0.25) is 0 Å². The molecular weight excluding hydrogens is 323 g/mol. The van der Waals surface area contributed by atoms with Crippen LogP contribution in [-0.4, -0.2) is 5.11 Å². The van der Waals surface area contributed by atoms with E-state index in [1.807, 2.05) is 25.1 Å². The average Bonchev–Trinajstić information content (AvgIpc) is 2.84. The first-order valence-electron chi connectivity index (χ1n) is 6.18. The van der Waals surface area contributed by atoms with Crippen molar-refractivity contribution in [2.75, 3.05) is 0 Å². The summed E-state index contributed by atoms with van der Waals surface area (Å²) >= 11 is 3.44. The van der Waals surface area contributed by atoms with Crippen molar-refractivity contribution in [3.8, 4) is 0 Å². The fourth-order valence-corrected chi connectivity index (χ4v) is 2.62. The lowest BCUT2D eigenvalue weighted by Crippen LogP contribution is -2.00. The van der Waals surface area contributed by atoms with Crippen LogP contribution >= 0.6 is 15.9 Å². The number of rotatable bonds is 2. The zero-order chi connectivity index (χ0) is 14.3. The van der Waals surface area contributed by atoms with Gasteiger partial charge in [0.25, 0.3) is 0 Å². The van der Waals surface area contributed by atoms with Gasteiger partial charge in [0, 0.05) is 9.86 Å². The molecule has 4 heteroatoms. The average molecular weight is 335 g/mol. The van der Waals surface area contributed by atoms with Gasteiger partial charge in [0.2, 0.25) is 0 Å². The van der Waals surface area contributed by atoms with Gasteiger partial charge >= 0.3 is 0 Å². The maximum Gasteiger partial charge on any atom is 0.138 e. The molecule has 1 aromatic heterocycles. The molecule has 0 aliphatic heterocycles. The van der Waals surface area contributed by atoms with E-state index in [1.165, 1.54) is 12.1 Å². The lowest BCUT2D eigenvalue weighted by molar-refractivity contribution is 0.191. The Hall–Kier alpha value is -1.65. The third-order valence-electron chi connectivity index (χ3n) is 3.37. The number of aliphatic hydroxyl groups excluding tert-OH is 1. The minimum atomic E-state index is -0.872. The van der Waals surface area contributed by atoms with Crippen LogP contribution in [0.15, 0.2) is 51.4 Å². The largest absolute Gasteiger partial charge is 0.458 e. The van der Waals surface area contributed by atoms with E-state index in [2.05, 4.69) is 15.9 Å². The van der Waals surface area contributed by atoms with Crippen molar-refractivity contribution in [3.63, 3.8) is 0 Å². The smallest absolute Gasteiger partial charge is 0.138 e. The lowest BCUT2D eigenvalue weighted by atomic mass is 10.0. The van der Waals surface area contributed by atoms with Gasteiger partial charge in [0.1, 0.15) is 23.3 Å². The molecule has 2 nitrogen and oxygen atoms in total. The van der Waals surface area contributed by atoms with Gasteiger partial charge in [-0.05, 0) is 48.4 Å². The SMILES string of the molecule is Cc1c(Br)cccc1C(O)c1cc2cc(F)ccc2o1. The molecule has 0 bridgehead atoms. The first-order chi connectivity index (χ1) is 9.56. The number of halogens is 2. The third kappa shape index (κ3) is 2.25. The van der Waals surface area contributed by atoms with Gasteiger partial charge in [-0.15, -0.1) is 0 Å². The second-order valence-electron chi connectivity index (χ2n) is 4.69. The van der Waals surface area contributed by atoms with Crippen LogP contribution in [0.1, 0.15) is 23.0 Å². The van der Waals surface area contributed by atoms with E-state index in [9.17, 15) is 9.50 Å². The number of aliphatic hydroxyl groups is 1. The molecule has 0 amide bonds. The monoisotopic (exact) mass is 334 g/mol. The van der Waals surface area contributed by atoms with Crippen molar-refractivity contribution in [1.82, 2.24) is 0 Å². The molecule has 2 aromatic carbocycles. The summed E-state index contributed by atoms with van der Waals surface area (Å²) in [6, 6.07) is 11.6. The van der Waals surface area contributed by atoms with E-state index in [0.29, 0.717) is 16.7 Å². The van der Waals surface area contributed by atoms with Crippen molar-refractivity contribution in [2.24, 2.45) is 0 Å². The quantitative estimate of drug-likeness (QED) is 0.735. The molecular formula is C16H12BrFO2. The fourth-order valence-electron chi connectivity index (χ4n) is 2.24. The van der Waals surface area contributed by atoms with Gasteiger partial charge in [-0.2, -0.15) is 0 Å². The molecule has 0 saturated heterocycles. The van der Waals surface area contributed by atoms with E-state index >= 15 is 0 Å². The Morgan fingerprint density at radius 3 is 2.80 bits per heavy atom. The summed E-state index contributed by atoms with van der Waals surface area (Å²) < 4.78 is 19.7. The summed E-state index contributed by atoms with van der Waals surface area (Å²) in [6.07, 6.45) is -0.872. The summed E-state index contributed by atoms with van der Waals surface area (Å²) in [5.41, 5.74) is 2.28. The molecule has 3 aromatic rings. The highest BCUT2D eigenvalue weighted by Gasteiger charge is 2.18. The number of benzene rings is 2. The molecule has 0 spiro atoms. The molecule has 0 radical (unpaired) electrons. The molecule has 20 heavy (non-hydrogen) atoms. The van der Waals surface area contributed by atoms with E-state index in [1.54, 1.807) is 12.1 Å². The molecule has 0 aliphatic carbocycles. The topological polar surface area (TPSA) is 33.4 Å². The van der Waals surface area contributed by atoms with Gasteiger partial charge in [0.05, 0.1) is 0 Å². The molecule has 0 fully saturated rings. The standard InChI is InChI=1S/C16H12BrFO2/c1-9-12(3-2-4-13(9)17)16(19)15-8-10-7-11(18)5-6-14(10)20-15/h2-8,16,19H,1H3. The molecule has 1 atom stereocenters. The molecule has 1 unspecified atom stereocenters. The van der Waals surface area contributed by atoms with Crippen molar-refractivity contribution < 1.29 is 13.9 Å². The van der Waals surface area contributed by atoms with Crippen molar-refractivity contribution in [3.05, 3.63) is 69.6 Å². The van der Waals surface area contributed by atoms with Gasteiger partial charge in [-0.25, -0.2) is 4.39 Å². The van der Waals surface area contributed by atoms with Crippen LogP contribution in [0, 0.1) is 12.7 Å². The molecule has 1 N–H and O–H groups in total. The Morgan fingerprint density at radius 2 is 2.00 bits per heavy atom. The van der Waals surface area contributed by atoms with Gasteiger partial charge in [-0.3, -0.25) is 0 Å². The molecule has 0 aliphatic rings. The third-order valence-corrected chi connectivity index (χ3v) is 4.23. The number of hydrogen-bond acceptors (Lipinski definition) is 2. The van der Waals surface area contributed by atoms with Gasteiger partial charge in [-0.1, -0.05) is 28.1 Å². The second kappa shape index (κ2) is 5.04. The first-order valence-corrected chi connectivity index (χ1v) is 6.97. The van der Waals surface area contributed by atoms with Crippen molar-refractivity contribution in [2.45, 2.75) is 13.0 Å². The maximum atomic E-state index is 13.2. The van der Waals surface area contributed by atoms with E-state index in [0.717, 1.165) is 15.6 Å². The number of fused-ring (bicyclic) bond motifs is 1. The maximum absolute atomic E-state index is 13.2. The Bertz CT molecular complexity index is 779. The Labute approximate surface area is 124 Å². The highest BCUT2D eigenvalue weighted by Crippen LogP contribution is 2.32. The van der Waals surface area contributed by atoms with E-state index in [4.69, 9.17) is 4.42 Å². The van der Waals surface area contributed by atoms with Crippen LogP contribution < -0.4 is 0 Å². The molecule has 1 heterocycles. The van der Waals surface area contributed by atoms with Crippen molar-refractivity contribution >= 4 is 26.9 Å². The van der Waals surface area contributed by atoms with Crippen LogP contribution in [0.25, 0.3) is 11.0 Å². The van der Waals surface area contributed by atoms with Crippen molar-refractivity contribution in [1.29, 1.82) is 0 Å². The zero-order valence-corrected chi connectivity index (χ0v) is 12.3. The molecule has 102 valence electrons. The van der Waals surface area contributed by atoms with Crippen LogP contribution in [0.3, 0.4) is 0 Å². The molecule has 0 saturated carbocycles. The Kier molecular flexibility index (Phi) is 3.36. The second-order valence-corrected chi connectivity index (χ2v) is 5.54.